The van der Waals surface area contributed by atoms with Gasteiger partial charge >= 0.3 is 5.97 Å². The van der Waals surface area contributed by atoms with E-state index in [0.29, 0.717) is 13.0 Å². The molecule has 4 nitrogen and oxygen atoms in total. The lowest BCUT2D eigenvalue weighted by Crippen LogP contribution is -2.42. The van der Waals surface area contributed by atoms with Gasteiger partial charge in [0.1, 0.15) is 5.82 Å². The zero-order valence-corrected chi connectivity index (χ0v) is 12.2. The molecular formula is C15H22FNO3. The highest BCUT2D eigenvalue weighted by Crippen LogP contribution is 2.16. The zero-order valence-electron chi connectivity index (χ0n) is 12.2. The Morgan fingerprint density at radius 1 is 1.50 bits per heavy atom. The van der Waals surface area contributed by atoms with Crippen LogP contribution in [0.5, 0.6) is 0 Å². The molecule has 1 rings (SSSR count). The number of esters is 1. The van der Waals surface area contributed by atoms with Gasteiger partial charge in [-0.05, 0) is 37.5 Å². The third kappa shape index (κ3) is 4.28. The van der Waals surface area contributed by atoms with Crippen LogP contribution in [0, 0.1) is 5.82 Å². The van der Waals surface area contributed by atoms with Crippen LogP contribution in [-0.4, -0.2) is 30.3 Å². The van der Waals surface area contributed by atoms with Crippen LogP contribution in [0.4, 0.5) is 4.39 Å². The van der Waals surface area contributed by atoms with Crippen molar-refractivity contribution in [2.24, 2.45) is 0 Å². The van der Waals surface area contributed by atoms with E-state index in [-0.39, 0.29) is 17.7 Å². The van der Waals surface area contributed by atoms with Crippen LogP contribution in [0.1, 0.15) is 42.6 Å². The third-order valence-electron chi connectivity index (χ3n) is 3.60. The lowest BCUT2D eigenvalue weighted by atomic mass is 9.94. The van der Waals surface area contributed by atoms with Crippen molar-refractivity contribution in [2.75, 3.05) is 13.7 Å². The molecule has 0 aliphatic carbocycles. The fraction of sp³-hybridized carbons (Fsp3) is 0.533. The van der Waals surface area contributed by atoms with Gasteiger partial charge < -0.3 is 15.2 Å². The fourth-order valence-corrected chi connectivity index (χ4v) is 1.90. The van der Waals surface area contributed by atoms with E-state index < -0.39 is 11.8 Å². The maximum absolute atomic E-state index is 13.8. The minimum atomic E-state index is -0.680. The van der Waals surface area contributed by atoms with Crippen molar-refractivity contribution in [1.82, 2.24) is 5.32 Å². The Morgan fingerprint density at radius 3 is 2.70 bits per heavy atom. The Kier molecular flexibility index (Phi) is 6.10. The van der Waals surface area contributed by atoms with Gasteiger partial charge in [0.2, 0.25) is 0 Å². The first-order valence-corrected chi connectivity index (χ1v) is 6.68. The van der Waals surface area contributed by atoms with E-state index in [4.69, 9.17) is 5.11 Å². The number of rotatable bonds is 7. The molecule has 0 aliphatic rings. The maximum Gasteiger partial charge on any atom is 0.340 e. The summed E-state index contributed by atoms with van der Waals surface area (Å²) in [6.45, 7) is 4.63. The Morgan fingerprint density at radius 2 is 2.20 bits per heavy atom. The first-order valence-electron chi connectivity index (χ1n) is 6.68. The quantitative estimate of drug-likeness (QED) is 0.754. The minimum absolute atomic E-state index is 0.0649. The summed E-state index contributed by atoms with van der Waals surface area (Å²) in [5.74, 6) is -1.27. The van der Waals surface area contributed by atoms with Crippen LogP contribution < -0.4 is 5.32 Å². The van der Waals surface area contributed by atoms with Crippen LogP contribution >= 0.6 is 0 Å². The molecule has 1 aromatic rings. The van der Waals surface area contributed by atoms with E-state index in [1.165, 1.54) is 19.2 Å². The number of carbonyl (C=O) groups is 1. The molecule has 1 aromatic carbocycles. The number of aliphatic hydroxyl groups excluding tert-OH is 1. The molecule has 0 amide bonds. The van der Waals surface area contributed by atoms with Gasteiger partial charge in [-0.15, -0.1) is 0 Å². The molecule has 2 N–H and O–H groups in total. The van der Waals surface area contributed by atoms with Gasteiger partial charge in [-0.25, -0.2) is 9.18 Å². The van der Waals surface area contributed by atoms with E-state index in [9.17, 15) is 9.18 Å². The molecule has 0 heterocycles. The van der Waals surface area contributed by atoms with Gasteiger partial charge in [-0.1, -0.05) is 13.0 Å². The summed E-state index contributed by atoms with van der Waals surface area (Å²) in [6.07, 6.45) is 1.49. The van der Waals surface area contributed by atoms with E-state index in [1.54, 1.807) is 6.07 Å². The zero-order chi connectivity index (χ0) is 15.2. The highest BCUT2D eigenvalue weighted by molar-refractivity contribution is 5.89. The summed E-state index contributed by atoms with van der Waals surface area (Å²) in [6, 6.07) is 4.44. The van der Waals surface area contributed by atoms with E-state index >= 15 is 0 Å². The van der Waals surface area contributed by atoms with Crippen LogP contribution in [-0.2, 0) is 11.3 Å². The first-order chi connectivity index (χ1) is 9.45. The molecule has 0 saturated heterocycles. The predicted molar refractivity (Wildman–Crippen MR) is 75.0 cm³/mol. The monoisotopic (exact) mass is 283 g/mol. The average molecular weight is 283 g/mol. The molecule has 0 radical (unpaired) electrons. The predicted octanol–water partition coefficient (Wildman–Crippen LogP) is 2.25. The van der Waals surface area contributed by atoms with Crippen molar-refractivity contribution >= 4 is 5.97 Å². The van der Waals surface area contributed by atoms with Crippen molar-refractivity contribution in [3.05, 3.63) is 35.1 Å². The van der Waals surface area contributed by atoms with Gasteiger partial charge in [-0.3, -0.25) is 0 Å². The van der Waals surface area contributed by atoms with Crippen molar-refractivity contribution in [3.8, 4) is 0 Å². The van der Waals surface area contributed by atoms with Crippen LogP contribution in [0.3, 0.4) is 0 Å². The fourth-order valence-electron chi connectivity index (χ4n) is 1.90. The summed E-state index contributed by atoms with van der Waals surface area (Å²) in [7, 11) is 1.22. The average Bonchev–Trinajstić information content (AvgIpc) is 2.45. The molecule has 1 unspecified atom stereocenters. The first kappa shape index (κ1) is 16.6. The molecule has 0 fully saturated rings. The highest BCUT2D eigenvalue weighted by Gasteiger charge is 2.20. The van der Waals surface area contributed by atoms with Gasteiger partial charge in [0.25, 0.3) is 0 Å². The largest absolute Gasteiger partial charge is 0.465 e. The number of halogens is 1. The van der Waals surface area contributed by atoms with Gasteiger partial charge in [0.15, 0.2) is 0 Å². The van der Waals surface area contributed by atoms with Crippen LogP contribution in [0.15, 0.2) is 18.2 Å². The van der Waals surface area contributed by atoms with Crippen molar-refractivity contribution in [1.29, 1.82) is 0 Å². The minimum Gasteiger partial charge on any atom is -0.465 e. The highest BCUT2D eigenvalue weighted by atomic mass is 19.1. The standard InChI is InChI=1S/C15H22FNO3/c1-4-15(2,7-8-18)17-10-11-5-6-12(13(16)9-11)14(19)20-3/h5-6,9,17-18H,4,7-8,10H2,1-3H3. The molecule has 0 spiro atoms. The molecule has 20 heavy (non-hydrogen) atoms. The normalized spacial score (nSPS) is 13.8. The Balaban J connectivity index is 2.75. The second-order valence-corrected chi connectivity index (χ2v) is 5.05. The number of carbonyl (C=O) groups excluding carboxylic acids is 1. The van der Waals surface area contributed by atoms with Gasteiger partial charge in [0.05, 0.1) is 12.7 Å². The number of nitrogens with one attached hydrogen (secondary N) is 1. The molecule has 0 bridgehead atoms. The van der Waals surface area contributed by atoms with Gasteiger partial charge in [-0.2, -0.15) is 0 Å². The molecule has 1 atom stereocenters. The number of hydrogen-bond acceptors (Lipinski definition) is 4. The number of aliphatic hydroxyl groups is 1. The molecular weight excluding hydrogens is 261 g/mol. The molecule has 112 valence electrons. The summed E-state index contributed by atoms with van der Waals surface area (Å²) in [4.78, 5) is 11.3. The van der Waals surface area contributed by atoms with E-state index in [0.717, 1.165) is 12.0 Å². The summed E-state index contributed by atoms with van der Waals surface area (Å²) in [5.41, 5.74) is 0.490. The molecule has 5 heteroatoms. The summed E-state index contributed by atoms with van der Waals surface area (Å²) < 4.78 is 18.3. The number of benzene rings is 1. The van der Waals surface area contributed by atoms with Gasteiger partial charge in [0, 0.05) is 18.7 Å². The Bertz CT molecular complexity index is 464. The number of hydrogen-bond donors (Lipinski definition) is 2. The summed E-state index contributed by atoms with van der Waals surface area (Å²) in [5, 5.41) is 12.4. The van der Waals surface area contributed by atoms with E-state index in [2.05, 4.69) is 10.1 Å². The van der Waals surface area contributed by atoms with Crippen LogP contribution in [0.2, 0.25) is 0 Å². The lowest BCUT2D eigenvalue weighted by Gasteiger charge is -2.29. The number of ether oxygens (including phenoxy) is 1. The SMILES string of the molecule is CCC(C)(CCO)NCc1ccc(C(=O)OC)c(F)c1. The van der Waals surface area contributed by atoms with Crippen molar-refractivity contribution in [2.45, 2.75) is 38.8 Å². The Labute approximate surface area is 119 Å². The summed E-state index contributed by atoms with van der Waals surface area (Å²) >= 11 is 0. The van der Waals surface area contributed by atoms with Crippen molar-refractivity contribution < 1.29 is 19.0 Å². The third-order valence-corrected chi connectivity index (χ3v) is 3.60. The topological polar surface area (TPSA) is 58.6 Å². The molecule has 0 saturated carbocycles. The lowest BCUT2D eigenvalue weighted by molar-refractivity contribution is 0.0595. The van der Waals surface area contributed by atoms with E-state index in [1.807, 2.05) is 13.8 Å². The number of methoxy groups -OCH3 is 1. The smallest absolute Gasteiger partial charge is 0.340 e. The molecule has 0 aromatic heterocycles. The second-order valence-electron chi connectivity index (χ2n) is 5.05. The maximum atomic E-state index is 13.8. The second kappa shape index (κ2) is 7.36. The van der Waals surface area contributed by atoms with Crippen molar-refractivity contribution in [3.63, 3.8) is 0 Å². The Hall–Kier alpha value is -1.46. The van der Waals surface area contributed by atoms with Crippen LogP contribution in [0.25, 0.3) is 0 Å². The molecule has 0 aliphatic heterocycles.